The summed E-state index contributed by atoms with van der Waals surface area (Å²) in [5.41, 5.74) is 1.59. The lowest BCUT2D eigenvalue weighted by molar-refractivity contribution is -0.151. The van der Waals surface area contributed by atoms with E-state index in [0.29, 0.717) is 28.7 Å². The Balaban J connectivity index is 1.69. The number of hydrogen-bond acceptors (Lipinski definition) is 6. The predicted molar refractivity (Wildman–Crippen MR) is 111 cm³/mol. The van der Waals surface area contributed by atoms with Gasteiger partial charge in [0.25, 0.3) is 0 Å². The lowest BCUT2D eigenvalue weighted by atomic mass is 9.96. The van der Waals surface area contributed by atoms with Gasteiger partial charge in [0.15, 0.2) is 29.0 Å². The van der Waals surface area contributed by atoms with Gasteiger partial charge < -0.3 is 14.2 Å². The lowest BCUT2D eigenvalue weighted by Gasteiger charge is -2.15. The number of hydrogen-bond donors (Lipinski definition) is 0. The number of benzene rings is 2. The molecule has 3 rings (SSSR count). The second kappa shape index (κ2) is 9.41. The van der Waals surface area contributed by atoms with Crippen LogP contribution in [0, 0.1) is 5.92 Å². The first-order valence-corrected chi connectivity index (χ1v) is 9.46. The van der Waals surface area contributed by atoms with E-state index in [9.17, 15) is 14.4 Å². The molecule has 0 N–H and O–H groups in total. The second-order valence-electron chi connectivity index (χ2n) is 6.57. The molecule has 0 bridgehead atoms. The van der Waals surface area contributed by atoms with Crippen molar-refractivity contribution in [1.82, 2.24) is 0 Å². The summed E-state index contributed by atoms with van der Waals surface area (Å²) in [5, 5.41) is 0.649. The monoisotopic (exact) mass is 426 g/mol. The summed E-state index contributed by atoms with van der Waals surface area (Å²) >= 11 is 5.88. The van der Waals surface area contributed by atoms with Crippen molar-refractivity contribution in [2.45, 2.75) is 13.5 Å². The number of allylic oxidation sites excluding steroid dienone is 3. The highest BCUT2D eigenvalue weighted by Crippen LogP contribution is 2.29. The highest BCUT2D eigenvalue weighted by molar-refractivity contribution is 6.30. The van der Waals surface area contributed by atoms with Gasteiger partial charge in [0, 0.05) is 11.1 Å². The first-order chi connectivity index (χ1) is 14.4. The Hall–Kier alpha value is -3.38. The van der Waals surface area contributed by atoms with E-state index < -0.39 is 23.5 Å². The standard InChI is InChI=1S/C23H19ClO6/c1-14-11-19(26)22(23(27)30-14)18(25)9-5-15-6-10-20(21(12-15)28-2)29-13-16-3-7-17(24)8-4-16/h3-12,22H,13H2,1-2H3/b9-5+/t22-/m1/s1. The Morgan fingerprint density at radius 2 is 1.87 bits per heavy atom. The van der Waals surface area contributed by atoms with Crippen molar-refractivity contribution in [3.05, 3.63) is 76.5 Å². The molecule has 0 radical (unpaired) electrons. The number of esters is 1. The van der Waals surface area contributed by atoms with Crippen LogP contribution in [0.3, 0.4) is 0 Å². The van der Waals surface area contributed by atoms with Crippen LogP contribution >= 0.6 is 11.6 Å². The summed E-state index contributed by atoms with van der Waals surface area (Å²) in [5.74, 6) is -2.37. The zero-order valence-electron chi connectivity index (χ0n) is 16.4. The van der Waals surface area contributed by atoms with Gasteiger partial charge in [-0.25, -0.2) is 0 Å². The van der Waals surface area contributed by atoms with Crippen LogP contribution in [0.5, 0.6) is 11.5 Å². The third-order valence-electron chi connectivity index (χ3n) is 4.35. The molecular formula is C23H19ClO6. The first kappa shape index (κ1) is 21.3. The first-order valence-electron chi connectivity index (χ1n) is 9.08. The van der Waals surface area contributed by atoms with Gasteiger partial charge in [-0.05, 0) is 48.4 Å². The number of rotatable bonds is 7. The molecule has 0 aromatic heterocycles. The fourth-order valence-electron chi connectivity index (χ4n) is 2.83. The minimum Gasteiger partial charge on any atom is -0.493 e. The highest BCUT2D eigenvalue weighted by atomic mass is 35.5. The van der Waals surface area contributed by atoms with Crippen molar-refractivity contribution >= 4 is 35.2 Å². The van der Waals surface area contributed by atoms with E-state index in [1.54, 1.807) is 30.3 Å². The molecule has 154 valence electrons. The van der Waals surface area contributed by atoms with Crippen LogP contribution < -0.4 is 9.47 Å². The Morgan fingerprint density at radius 3 is 2.53 bits per heavy atom. The number of ether oxygens (including phenoxy) is 3. The largest absolute Gasteiger partial charge is 0.493 e. The van der Waals surface area contributed by atoms with Gasteiger partial charge in [0.2, 0.25) is 0 Å². The minimum absolute atomic E-state index is 0.178. The summed E-state index contributed by atoms with van der Waals surface area (Å²) in [6.07, 6.45) is 3.83. The van der Waals surface area contributed by atoms with Crippen molar-refractivity contribution in [1.29, 1.82) is 0 Å². The Kier molecular flexibility index (Phi) is 6.69. The molecular weight excluding hydrogens is 408 g/mol. The molecule has 0 fully saturated rings. The van der Waals surface area contributed by atoms with Gasteiger partial charge in [-0.3, -0.25) is 14.4 Å². The Bertz CT molecular complexity index is 1040. The lowest BCUT2D eigenvalue weighted by Crippen LogP contribution is -2.34. The van der Waals surface area contributed by atoms with Gasteiger partial charge in [-0.1, -0.05) is 35.9 Å². The Labute approximate surface area is 178 Å². The van der Waals surface area contributed by atoms with Crippen LogP contribution in [0.1, 0.15) is 18.1 Å². The average molecular weight is 427 g/mol. The second-order valence-corrected chi connectivity index (χ2v) is 7.01. The quantitative estimate of drug-likeness (QED) is 0.376. The van der Waals surface area contributed by atoms with Crippen LogP contribution in [0.4, 0.5) is 0 Å². The van der Waals surface area contributed by atoms with Crippen molar-refractivity contribution in [2.24, 2.45) is 5.92 Å². The molecule has 1 aliphatic heterocycles. The molecule has 6 nitrogen and oxygen atoms in total. The van der Waals surface area contributed by atoms with Crippen LogP contribution in [0.15, 0.2) is 60.4 Å². The molecule has 1 heterocycles. The van der Waals surface area contributed by atoms with Gasteiger partial charge >= 0.3 is 5.97 Å². The summed E-state index contributed by atoms with van der Waals surface area (Å²) in [6.45, 7) is 1.81. The maximum atomic E-state index is 12.3. The summed E-state index contributed by atoms with van der Waals surface area (Å²) in [7, 11) is 1.51. The van der Waals surface area contributed by atoms with Gasteiger partial charge in [-0.15, -0.1) is 0 Å². The smallest absolute Gasteiger partial charge is 0.329 e. The zero-order chi connectivity index (χ0) is 21.7. The van der Waals surface area contributed by atoms with Crippen molar-refractivity contribution in [3.8, 4) is 11.5 Å². The van der Waals surface area contributed by atoms with Gasteiger partial charge in [0.05, 0.1) is 7.11 Å². The van der Waals surface area contributed by atoms with Gasteiger partial charge in [-0.2, -0.15) is 0 Å². The summed E-state index contributed by atoms with van der Waals surface area (Å²) in [4.78, 5) is 36.1. The number of ketones is 2. The molecule has 30 heavy (non-hydrogen) atoms. The fraction of sp³-hybridized carbons (Fsp3) is 0.174. The molecule has 1 atom stereocenters. The molecule has 7 heteroatoms. The van der Waals surface area contributed by atoms with Gasteiger partial charge in [0.1, 0.15) is 12.4 Å². The van der Waals surface area contributed by atoms with Crippen LogP contribution in [0.25, 0.3) is 6.08 Å². The zero-order valence-corrected chi connectivity index (χ0v) is 17.1. The summed E-state index contributed by atoms with van der Waals surface area (Å²) < 4.78 is 16.0. The molecule has 0 saturated carbocycles. The van der Waals surface area contributed by atoms with E-state index in [4.69, 9.17) is 25.8 Å². The van der Waals surface area contributed by atoms with Crippen LogP contribution in [-0.2, 0) is 25.7 Å². The maximum absolute atomic E-state index is 12.3. The van der Waals surface area contributed by atoms with Crippen molar-refractivity contribution < 1.29 is 28.6 Å². The van der Waals surface area contributed by atoms with Crippen molar-refractivity contribution in [3.63, 3.8) is 0 Å². The van der Waals surface area contributed by atoms with E-state index in [1.807, 2.05) is 12.1 Å². The SMILES string of the molecule is COc1cc(/C=C/C(=O)[C@@H]2C(=O)C=C(C)OC2=O)ccc1OCc1ccc(Cl)cc1. The molecule has 0 amide bonds. The van der Waals surface area contributed by atoms with E-state index in [0.717, 1.165) is 11.6 Å². The number of cyclic esters (lactones) is 1. The van der Waals surface area contributed by atoms with Crippen LogP contribution in [-0.4, -0.2) is 24.6 Å². The average Bonchev–Trinajstić information content (AvgIpc) is 2.71. The molecule has 1 aliphatic rings. The van der Waals surface area contributed by atoms with E-state index in [2.05, 4.69) is 0 Å². The van der Waals surface area contributed by atoms with Crippen molar-refractivity contribution in [2.75, 3.05) is 7.11 Å². The highest BCUT2D eigenvalue weighted by Gasteiger charge is 2.36. The molecule has 0 unspecified atom stereocenters. The Morgan fingerprint density at radius 1 is 1.13 bits per heavy atom. The number of carbonyl (C=O) groups is 3. The van der Waals surface area contributed by atoms with Crippen LogP contribution in [0.2, 0.25) is 5.02 Å². The topological polar surface area (TPSA) is 78.9 Å². The number of carbonyl (C=O) groups excluding carboxylic acids is 3. The molecule has 0 aliphatic carbocycles. The third kappa shape index (κ3) is 5.15. The number of halogens is 1. The summed E-state index contributed by atoms with van der Waals surface area (Å²) in [6, 6.07) is 12.4. The normalized spacial score (nSPS) is 16.2. The van der Waals surface area contributed by atoms with E-state index in [1.165, 1.54) is 26.2 Å². The molecule has 2 aromatic rings. The minimum atomic E-state index is -1.46. The molecule has 0 spiro atoms. The fourth-order valence-corrected chi connectivity index (χ4v) is 2.95. The molecule has 2 aromatic carbocycles. The maximum Gasteiger partial charge on any atom is 0.329 e. The third-order valence-corrected chi connectivity index (χ3v) is 4.60. The van der Waals surface area contributed by atoms with E-state index in [-0.39, 0.29) is 5.76 Å². The van der Waals surface area contributed by atoms with E-state index >= 15 is 0 Å². The number of methoxy groups -OCH3 is 1. The predicted octanol–water partition coefficient (Wildman–Crippen LogP) is 4.16. The molecule has 0 saturated heterocycles.